The number of aryl methyl sites for hydroxylation is 1. The van der Waals surface area contributed by atoms with Crippen molar-refractivity contribution in [3.63, 3.8) is 0 Å². The first-order valence-electron chi connectivity index (χ1n) is 5.67. The highest BCUT2D eigenvalue weighted by Crippen LogP contribution is 2.11. The Kier molecular flexibility index (Phi) is 3.97. The number of pyridine rings is 1. The van der Waals surface area contributed by atoms with Gasteiger partial charge in [0.15, 0.2) is 0 Å². The third kappa shape index (κ3) is 2.88. The van der Waals surface area contributed by atoms with Crippen molar-refractivity contribution in [2.45, 2.75) is 13.5 Å². The zero-order valence-electron chi connectivity index (χ0n) is 10.1. The molecule has 0 saturated heterocycles. The van der Waals surface area contributed by atoms with E-state index in [1.165, 1.54) is 0 Å². The fourth-order valence-electron chi connectivity index (χ4n) is 1.64. The molecular weight excluding hydrogens is 229 g/mol. The quantitative estimate of drug-likeness (QED) is 0.774. The van der Waals surface area contributed by atoms with Gasteiger partial charge in [-0.15, -0.1) is 0 Å². The summed E-state index contributed by atoms with van der Waals surface area (Å²) in [6, 6.07) is 10.7. The van der Waals surface area contributed by atoms with Crippen molar-refractivity contribution in [2.75, 3.05) is 0 Å². The molecule has 0 radical (unpaired) electrons. The lowest BCUT2D eigenvalue weighted by Crippen LogP contribution is -2.31. The Labute approximate surface area is 106 Å². The van der Waals surface area contributed by atoms with Gasteiger partial charge in [0.1, 0.15) is 12.4 Å². The zero-order valence-corrected chi connectivity index (χ0v) is 10.1. The van der Waals surface area contributed by atoms with Crippen LogP contribution in [0.15, 0.2) is 42.6 Å². The van der Waals surface area contributed by atoms with Crippen LogP contribution in [0.3, 0.4) is 0 Å². The number of ether oxygens (including phenoxy) is 1. The molecule has 0 aliphatic rings. The average molecular weight is 243 g/mol. The Hall–Kier alpha value is -1.85. The van der Waals surface area contributed by atoms with Crippen molar-refractivity contribution in [2.24, 2.45) is 0 Å². The van der Waals surface area contributed by atoms with Gasteiger partial charge >= 0.3 is 7.12 Å². The SMILES string of the molecule is Cc1cccnc1COc1ccccc1B(O)O. The summed E-state index contributed by atoms with van der Waals surface area (Å²) in [6.45, 7) is 2.26. The van der Waals surface area contributed by atoms with Gasteiger partial charge in [-0.2, -0.15) is 0 Å². The maximum absolute atomic E-state index is 9.22. The fraction of sp³-hybridized carbons (Fsp3) is 0.154. The van der Waals surface area contributed by atoms with Crippen molar-refractivity contribution >= 4 is 12.6 Å². The second-order valence-corrected chi connectivity index (χ2v) is 3.97. The molecule has 2 N–H and O–H groups in total. The molecule has 0 bridgehead atoms. The van der Waals surface area contributed by atoms with E-state index >= 15 is 0 Å². The predicted octanol–water partition coefficient (Wildman–Crippen LogP) is 0.649. The molecule has 1 heterocycles. The molecule has 4 nitrogen and oxygen atoms in total. The summed E-state index contributed by atoms with van der Waals surface area (Å²) in [5, 5.41) is 18.4. The van der Waals surface area contributed by atoms with Crippen molar-refractivity contribution < 1.29 is 14.8 Å². The Morgan fingerprint density at radius 2 is 1.94 bits per heavy atom. The topological polar surface area (TPSA) is 62.6 Å². The summed E-state index contributed by atoms with van der Waals surface area (Å²) in [5.74, 6) is 0.456. The molecule has 0 aliphatic carbocycles. The summed E-state index contributed by atoms with van der Waals surface area (Å²) in [6.07, 6.45) is 1.71. The predicted molar refractivity (Wildman–Crippen MR) is 69.6 cm³/mol. The van der Waals surface area contributed by atoms with Crippen molar-refractivity contribution in [1.82, 2.24) is 4.98 Å². The van der Waals surface area contributed by atoms with Crippen LogP contribution in [0.1, 0.15) is 11.3 Å². The largest absolute Gasteiger partial charge is 0.492 e. The molecule has 0 aliphatic heterocycles. The highest BCUT2D eigenvalue weighted by atomic mass is 16.5. The molecule has 5 heteroatoms. The van der Waals surface area contributed by atoms with Gasteiger partial charge in [0, 0.05) is 11.7 Å². The third-order valence-electron chi connectivity index (χ3n) is 2.68. The lowest BCUT2D eigenvalue weighted by Gasteiger charge is -2.11. The van der Waals surface area contributed by atoms with Crippen molar-refractivity contribution in [3.8, 4) is 5.75 Å². The van der Waals surface area contributed by atoms with Gasteiger partial charge in [0.25, 0.3) is 0 Å². The monoisotopic (exact) mass is 243 g/mol. The van der Waals surface area contributed by atoms with E-state index in [0.717, 1.165) is 11.3 Å². The normalized spacial score (nSPS) is 10.2. The van der Waals surface area contributed by atoms with E-state index in [0.29, 0.717) is 17.8 Å². The first-order chi connectivity index (χ1) is 8.68. The molecule has 92 valence electrons. The molecule has 0 amide bonds. The van der Waals surface area contributed by atoms with Gasteiger partial charge < -0.3 is 14.8 Å². The standard InChI is InChI=1S/C13H14BNO3/c1-10-5-4-8-15-12(10)9-18-13-7-3-2-6-11(13)14(16)17/h2-8,16-17H,9H2,1H3. The van der Waals surface area contributed by atoms with Crippen LogP contribution < -0.4 is 10.2 Å². The molecule has 0 spiro atoms. The van der Waals surface area contributed by atoms with Crippen LogP contribution in [0.25, 0.3) is 0 Å². The van der Waals surface area contributed by atoms with Crippen LogP contribution in [0.5, 0.6) is 5.75 Å². The molecule has 1 aromatic carbocycles. The Bertz CT molecular complexity index is 531. The molecular formula is C13H14BNO3. The minimum atomic E-state index is -1.54. The summed E-state index contributed by atoms with van der Waals surface area (Å²) in [4.78, 5) is 4.22. The van der Waals surface area contributed by atoms with Crippen LogP contribution >= 0.6 is 0 Å². The maximum Gasteiger partial charge on any atom is 0.492 e. The van der Waals surface area contributed by atoms with Crippen LogP contribution in [0.4, 0.5) is 0 Å². The molecule has 0 fully saturated rings. The van der Waals surface area contributed by atoms with E-state index in [-0.39, 0.29) is 0 Å². The summed E-state index contributed by atoms with van der Waals surface area (Å²) in [5.41, 5.74) is 2.23. The van der Waals surface area contributed by atoms with E-state index in [1.807, 2.05) is 19.1 Å². The van der Waals surface area contributed by atoms with E-state index < -0.39 is 7.12 Å². The molecule has 0 unspecified atom stereocenters. The number of para-hydroxylation sites is 1. The number of hydrogen-bond acceptors (Lipinski definition) is 4. The van der Waals surface area contributed by atoms with Gasteiger partial charge in [-0.1, -0.05) is 24.3 Å². The zero-order chi connectivity index (χ0) is 13.0. The van der Waals surface area contributed by atoms with E-state index in [1.54, 1.807) is 30.5 Å². The smallest absolute Gasteiger partial charge is 0.488 e. The Balaban J connectivity index is 2.14. The Morgan fingerprint density at radius 3 is 2.67 bits per heavy atom. The van der Waals surface area contributed by atoms with Crippen LogP contribution in [-0.2, 0) is 6.61 Å². The number of rotatable bonds is 4. The molecule has 0 atom stereocenters. The van der Waals surface area contributed by atoms with E-state index in [9.17, 15) is 10.0 Å². The molecule has 2 aromatic rings. The minimum Gasteiger partial charge on any atom is -0.488 e. The lowest BCUT2D eigenvalue weighted by atomic mass is 9.79. The average Bonchev–Trinajstić information content (AvgIpc) is 2.38. The Morgan fingerprint density at radius 1 is 1.17 bits per heavy atom. The summed E-state index contributed by atoms with van der Waals surface area (Å²) in [7, 11) is -1.54. The molecule has 1 aromatic heterocycles. The fourth-order valence-corrected chi connectivity index (χ4v) is 1.64. The van der Waals surface area contributed by atoms with Gasteiger partial charge in [-0.25, -0.2) is 0 Å². The van der Waals surface area contributed by atoms with Crippen LogP contribution in [0.2, 0.25) is 0 Å². The van der Waals surface area contributed by atoms with E-state index in [2.05, 4.69) is 4.98 Å². The maximum atomic E-state index is 9.22. The van der Waals surface area contributed by atoms with Gasteiger partial charge in [-0.05, 0) is 24.6 Å². The first kappa shape index (κ1) is 12.6. The number of aromatic nitrogens is 1. The first-order valence-corrected chi connectivity index (χ1v) is 5.67. The molecule has 2 rings (SSSR count). The minimum absolute atomic E-state index is 0.302. The van der Waals surface area contributed by atoms with Crippen LogP contribution in [0, 0.1) is 6.92 Å². The van der Waals surface area contributed by atoms with Crippen molar-refractivity contribution in [1.29, 1.82) is 0 Å². The number of benzene rings is 1. The van der Waals surface area contributed by atoms with Gasteiger partial charge in [-0.3, -0.25) is 4.98 Å². The number of hydrogen-bond donors (Lipinski definition) is 2. The molecule has 0 saturated carbocycles. The van der Waals surface area contributed by atoms with Crippen molar-refractivity contribution in [3.05, 3.63) is 53.9 Å². The second-order valence-electron chi connectivity index (χ2n) is 3.97. The van der Waals surface area contributed by atoms with E-state index in [4.69, 9.17) is 4.74 Å². The summed E-state index contributed by atoms with van der Waals surface area (Å²) >= 11 is 0. The number of nitrogens with zero attached hydrogens (tertiary/aromatic N) is 1. The summed E-state index contributed by atoms with van der Waals surface area (Å²) < 4.78 is 5.58. The molecule has 18 heavy (non-hydrogen) atoms. The second kappa shape index (κ2) is 5.66. The lowest BCUT2D eigenvalue weighted by molar-refractivity contribution is 0.301. The highest BCUT2D eigenvalue weighted by Gasteiger charge is 2.16. The third-order valence-corrected chi connectivity index (χ3v) is 2.68. The van der Waals surface area contributed by atoms with Gasteiger partial charge in [0.2, 0.25) is 0 Å². The highest BCUT2D eigenvalue weighted by molar-refractivity contribution is 6.59. The van der Waals surface area contributed by atoms with Crippen LogP contribution in [-0.4, -0.2) is 22.2 Å². The van der Waals surface area contributed by atoms with Gasteiger partial charge in [0.05, 0.1) is 5.69 Å².